The topological polar surface area (TPSA) is 60.2 Å². The Labute approximate surface area is 127 Å². The summed E-state index contributed by atoms with van der Waals surface area (Å²) in [4.78, 5) is 22.4. The van der Waals surface area contributed by atoms with E-state index in [1.807, 2.05) is 12.1 Å². The fraction of sp³-hybridized carbons (Fsp3) is 0.357. The number of nitro groups is 1. The van der Waals surface area contributed by atoms with Crippen LogP contribution in [0.5, 0.6) is 0 Å². The standard InChI is InChI=1S/C14H16ClNO3S/c1-11(17)13(16(18)19)10-12-6-2-3-7-14(12)20-9-5-4-8-15/h2-3,6-7,10H,4-5,8-9H2,1H3/b13-10-. The molecule has 0 atom stereocenters. The van der Waals surface area contributed by atoms with Crippen LogP contribution in [0.1, 0.15) is 25.3 Å². The third-order valence-corrected chi connectivity index (χ3v) is 4.00. The van der Waals surface area contributed by atoms with Gasteiger partial charge in [-0.3, -0.25) is 14.9 Å². The van der Waals surface area contributed by atoms with Crippen molar-refractivity contribution in [2.45, 2.75) is 24.7 Å². The highest BCUT2D eigenvalue weighted by molar-refractivity contribution is 7.99. The highest BCUT2D eigenvalue weighted by Gasteiger charge is 2.17. The molecule has 20 heavy (non-hydrogen) atoms. The van der Waals surface area contributed by atoms with Gasteiger partial charge in [0.1, 0.15) is 0 Å². The molecule has 0 saturated carbocycles. The molecular formula is C14H16ClNO3S. The number of carbonyl (C=O) groups is 1. The molecule has 1 aromatic carbocycles. The van der Waals surface area contributed by atoms with Gasteiger partial charge >= 0.3 is 5.70 Å². The van der Waals surface area contributed by atoms with E-state index in [1.165, 1.54) is 13.0 Å². The van der Waals surface area contributed by atoms with Gasteiger partial charge in [0.05, 0.1) is 4.92 Å². The first-order valence-corrected chi connectivity index (χ1v) is 7.73. The van der Waals surface area contributed by atoms with E-state index in [-0.39, 0.29) is 5.70 Å². The molecule has 0 aliphatic heterocycles. The maximum Gasteiger partial charge on any atom is 0.312 e. The van der Waals surface area contributed by atoms with Crippen molar-refractivity contribution in [1.29, 1.82) is 0 Å². The molecule has 1 aromatic rings. The molecule has 1 rings (SSSR count). The van der Waals surface area contributed by atoms with Crippen molar-refractivity contribution in [3.05, 3.63) is 45.6 Å². The Kier molecular flexibility index (Phi) is 7.33. The highest BCUT2D eigenvalue weighted by Crippen LogP contribution is 2.25. The fourth-order valence-electron chi connectivity index (χ4n) is 1.54. The van der Waals surface area contributed by atoms with Gasteiger partial charge in [-0.2, -0.15) is 0 Å². The number of rotatable bonds is 8. The van der Waals surface area contributed by atoms with Crippen molar-refractivity contribution in [1.82, 2.24) is 0 Å². The fourth-order valence-corrected chi connectivity index (χ4v) is 2.77. The number of benzene rings is 1. The molecule has 0 spiro atoms. The summed E-state index contributed by atoms with van der Waals surface area (Å²) in [5.41, 5.74) is 0.309. The lowest BCUT2D eigenvalue weighted by Gasteiger charge is -2.05. The van der Waals surface area contributed by atoms with Gasteiger partial charge < -0.3 is 0 Å². The largest absolute Gasteiger partial charge is 0.312 e. The van der Waals surface area contributed by atoms with E-state index in [0.717, 1.165) is 23.5 Å². The monoisotopic (exact) mass is 313 g/mol. The number of alkyl halides is 1. The molecule has 6 heteroatoms. The van der Waals surface area contributed by atoms with Crippen LogP contribution in [-0.2, 0) is 4.79 Å². The Morgan fingerprint density at radius 2 is 2.10 bits per heavy atom. The predicted octanol–water partition coefficient (Wildman–Crippen LogP) is 4.00. The summed E-state index contributed by atoms with van der Waals surface area (Å²) in [5.74, 6) is 0.987. The van der Waals surface area contributed by atoms with Gasteiger partial charge in [-0.1, -0.05) is 18.2 Å². The lowest BCUT2D eigenvalue weighted by atomic mass is 10.1. The molecule has 0 aromatic heterocycles. The van der Waals surface area contributed by atoms with Crippen LogP contribution in [0.25, 0.3) is 6.08 Å². The Balaban J connectivity index is 2.91. The minimum atomic E-state index is -0.642. The lowest BCUT2D eigenvalue weighted by Crippen LogP contribution is -2.07. The third-order valence-electron chi connectivity index (χ3n) is 2.55. The second-order valence-electron chi connectivity index (χ2n) is 4.13. The van der Waals surface area contributed by atoms with E-state index >= 15 is 0 Å². The molecule has 0 aliphatic carbocycles. The average Bonchev–Trinajstić information content (AvgIpc) is 2.41. The number of allylic oxidation sites excluding steroid dienone is 1. The summed E-state index contributed by atoms with van der Waals surface area (Å²) >= 11 is 7.24. The summed E-state index contributed by atoms with van der Waals surface area (Å²) in [6.07, 6.45) is 3.27. The molecule has 0 radical (unpaired) electrons. The minimum absolute atomic E-state index is 0.390. The van der Waals surface area contributed by atoms with Gasteiger partial charge in [0.25, 0.3) is 0 Å². The van der Waals surface area contributed by atoms with E-state index in [9.17, 15) is 14.9 Å². The summed E-state index contributed by atoms with van der Waals surface area (Å²) in [5, 5.41) is 10.9. The van der Waals surface area contributed by atoms with Gasteiger partial charge in [-0.05, 0) is 30.2 Å². The Bertz CT molecular complexity index is 501. The van der Waals surface area contributed by atoms with Crippen molar-refractivity contribution in [3.8, 4) is 0 Å². The lowest BCUT2D eigenvalue weighted by molar-refractivity contribution is -0.417. The SMILES string of the molecule is CC(=O)/C(=C/c1ccccc1SCCCCCl)[N+](=O)[O-]. The first-order valence-electron chi connectivity index (χ1n) is 6.21. The van der Waals surface area contributed by atoms with E-state index in [4.69, 9.17) is 11.6 Å². The summed E-state index contributed by atoms with van der Waals surface area (Å²) in [6.45, 7) is 1.20. The van der Waals surface area contributed by atoms with Crippen LogP contribution >= 0.6 is 23.4 Å². The second-order valence-corrected chi connectivity index (χ2v) is 5.64. The van der Waals surface area contributed by atoms with E-state index in [0.29, 0.717) is 11.4 Å². The average molecular weight is 314 g/mol. The molecule has 0 aliphatic rings. The minimum Gasteiger partial charge on any atom is -0.288 e. The van der Waals surface area contributed by atoms with Crippen molar-refractivity contribution >= 4 is 35.2 Å². The van der Waals surface area contributed by atoms with Crippen molar-refractivity contribution in [2.75, 3.05) is 11.6 Å². The number of Topliss-reactive ketones (excluding diaryl/α,β-unsaturated/α-hetero) is 1. The van der Waals surface area contributed by atoms with Crippen molar-refractivity contribution in [3.63, 3.8) is 0 Å². The van der Waals surface area contributed by atoms with Gasteiger partial charge in [0.15, 0.2) is 0 Å². The molecular weight excluding hydrogens is 298 g/mol. The number of thioether (sulfide) groups is 1. The Morgan fingerprint density at radius 1 is 1.40 bits per heavy atom. The maximum absolute atomic E-state index is 11.3. The first kappa shape index (κ1) is 16.7. The number of hydrogen-bond donors (Lipinski definition) is 0. The number of hydrogen-bond acceptors (Lipinski definition) is 4. The van der Waals surface area contributed by atoms with Crippen LogP contribution in [0, 0.1) is 10.1 Å². The summed E-state index contributed by atoms with van der Waals surface area (Å²) in [6, 6.07) is 7.35. The first-order chi connectivity index (χ1) is 9.56. The zero-order chi connectivity index (χ0) is 15.0. The Morgan fingerprint density at radius 3 is 2.70 bits per heavy atom. The second kappa shape index (κ2) is 8.76. The molecule has 0 heterocycles. The summed E-state index contributed by atoms with van der Waals surface area (Å²) in [7, 11) is 0. The van der Waals surface area contributed by atoms with Crippen LogP contribution < -0.4 is 0 Å². The van der Waals surface area contributed by atoms with E-state index < -0.39 is 10.7 Å². The summed E-state index contributed by atoms with van der Waals surface area (Å²) < 4.78 is 0. The van der Waals surface area contributed by atoms with Gasteiger partial charge in [0.2, 0.25) is 5.78 Å². The molecule has 0 bridgehead atoms. The molecule has 108 valence electrons. The number of nitrogens with zero attached hydrogens (tertiary/aromatic N) is 1. The number of halogens is 1. The van der Waals surface area contributed by atoms with Crippen LogP contribution in [0.15, 0.2) is 34.9 Å². The van der Waals surface area contributed by atoms with Gasteiger partial charge in [-0.15, -0.1) is 23.4 Å². The number of ketones is 1. The van der Waals surface area contributed by atoms with Crippen LogP contribution in [0.4, 0.5) is 0 Å². The highest BCUT2D eigenvalue weighted by atomic mass is 35.5. The predicted molar refractivity (Wildman–Crippen MR) is 82.8 cm³/mol. The Hall–Kier alpha value is -1.33. The van der Waals surface area contributed by atoms with Crippen molar-refractivity contribution in [2.24, 2.45) is 0 Å². The van der Waals surface area contributed by atoms with Gasteiger partial charge in [0, 0.05) is 23.8 Å². The van der Waals surface area contributed by atoms with Crippen molar-refractivity contribution < 1.29 is 9.72 Å². The number of carbonyl (C=O) groups excluding carboxylic acids is 1. The zero-order valence-electron chi connectivity index (χ0n) is 11.2. The molecule has 0 saturated heterocycles. The molecule has 0 unspecified atom stereocenters. The molecule has 0 fully saturated rings. The van der Waals surface area contributed by atoms with E-state index in [2.05, 4.69) is 0 Å². The van der Waals surface area contributed by atoms with Crippen LogP contribution in [-0.4, -0.2) is 22.3 Å². The van der Waals surface area contributed by atoms with E-state index in [1.54, 1.807) is 23.9 Å². The smallest absolute Gasteiger partial charge is 0.288 e. The third kappa shape index (κ3) is 5.35. The van der Waals surface area contributed by atoms with Crippen LogP contribution in [0.3, 0.4) is 0 Å². The number of unbranched alkanes of at least 4 members (excludes halogenated alkanes) is 1. The zero-order valence-corrected chi connectivity index (χ0v) is 12.7. The quantitative estimate of drug-likeness (QED) is 0.182. The van der Waals surface area contributed by atoms with Crippen LogP contribution in [0.2, 0.25) is 0 Å². The normalized spacial score (nSPS) is 11.4. The maximum atomic E-state index is 11.3. The molecule has 0 amide bonds. The molecule has 0 N–H and O–H groups in total. The molecule has 4 nitrogen and oxygen atoms in total. The van der Waals surface area contributed by atoms with Gasteiger partial charge in [-0.25, -0.2) is 0 Å².